The van der Waals surface area contributed by atoms with Gasteiger partial charge in [0.05, 0.1) is 23.6 Å². The molecule has 3 aliphatic rings. The van der Waals surface area contributed by atoms with Gasteiger partial charge in [0.25, 0.3) is 0 Å². The van der Waals surface area contributed by atoms with Gasteiger partial charge in [0.1, 0.15) is 5.82 Å². The lowest BCUT2D eigenvalue weighted by Gasteiger charge is -2.27. The van der Waals surface area contributed by atoms with Crippen molar-refractivity contribution in [3.8, 4) is 0 Å². The van der Waals surface area contributed by atoms with Crippen molar-refractivity contribution in [1.82, 2.24) is 0 Å². The molecule has 33 heavy (non-hydrogen) atoms. The lowest BCUT2D eigenvalue weighted by Crippen LogP contribution is -2.51. The number of rotatable bonds is 2. The van der Waals surface area contributed by atoms with Crippen molar-refractivity contribution in [2.24, 2.45) is 11.8 Å². The Balaban J connectivity index is 1.55. The van der Waals surface area contributed by atoms with Gasteiger partial charge in [0.15, 0.2) is 0 Å². The zero-order chi connectivity index (χ0) is 22.9. The molecule has 6 nitrogen and oxygen atoms in total. The Morgan fingerprint density at radius 1 is 0.727 bits per heavy atom. The molecule has 0 N–H and O–H groups in total. The van der Waals surface area contributed by atoms with Crippen LogP contribution in [0.25, 0.3) is 0 Å². The fourth-order valence-electron chi connectivity index (χ4n) is 5.30. The predicted octanol–water partition coefficient (Wildman–Crippen LogP) is 3.52. The maximum absolute atomic E-state index is 13.7. The van der Waals surface area contributed by atoms with E-state index in [0.717, 1.165) is 4.90 Å². The maximum Gasteiger partial charge on any atom is 0.241 e. The highest BCUT2D eigenvalue weighted by Crippen LogP contribution is 2.57. The number of nitrogens with zero attached hydrogens (tertiary/aromatic N) is 1. The molecule has 3 atom stereocenters. The summed E-state index contributed by atoms with van der Waals surface area (Å²) in [6.07, 6.45) is -1.07. The Morgan fingerprint density at radius 2 is 1.30 bits per heavy atom. The minimum Gasteiger partial charge on any atom is -0.349 e. The molecule has 1 aliphatic carbocycles. The van der Waals surface area contributed by atoms with Crippen LogP contribution in [0.4, 0.5) is 10.1 Å². The molecule has 6 rings (SSSR count). The van der Waals surface area contributed by atoms with Crippen LogP contribution in [0, 0.1) is 17.7 Å². The van der Waals surface area contributed by atoms with Crippen LogP contribution in [0.15, 0.2) is 78.9 Å². The Kier molecular flexibility index (Phi) is 4.04. The van der Waals surface area contributed by atoms with Crippen LogP contribution in [-0.2, 0) is 14.3 Å². The molecule has 2 fully saturated rings. The minimum atomic E-state index is -2.14. The van der Waals surface area contributed by atoms with Crippen LogP contribution in [0.3, 0.4) is 0 Å². The van der Waals surface area contributed by atoms with E-state index in [1.54, 1.807) is 42.5 Å². The van der Waals surface area contributed by atoms with E-state index in [1.807, 2.05) is 0 Å². The SMILES string of the molecule is O=C1[C@H]2[C@@H](c3ccc(F)cc3)OC3(C(=O)c4ccccc4C3=O)[C@H]2C(=O)N1c1ccccc1. The minimum absolute atomic E-state index is 0.166. The van der Waals surface area contributed by atoms with E-state index in [2.05, 4.69) is 0 Å². The number of fused-ring (bicyclic) bond motifs is 3. The lowest BCUT2D eigenvalue weighted by atomic mass is 9.77. The Labute approximate surface area is 187 Å². The third kappa shape index (κ3) is 2.45. The summed E-state index contributed by atoms with van der Waals surface area (Å²) < 4.78 is 19.7. The molecule has 2 heterocycles. The fraction of sp³-hybridized carbons (Fsp3) is 0.154. The first kappa shape index (κ1) is 19.7. The largest absolute Gasteiger partial charge is 0.349 e. The van der Waals surface area contributed by atoms with Crippen molar-refractivity contribution in [3.05, 3.63) is 101 Å². The Hall–Kier alpha value is -3.97. The standard InChI is InChI=1S/C26H16FNO5/c27-15-12-10-14(11-13-15)21-19-20(25(32)28(24(19)31)16-6-2-1-3-7-16)26(33-21)22(29)17-8-4-5-9-18(17)23(26)30/h1-13,19-21H/t19-,20-,21-/m1/s1. The van der Waals surface area contributed by atoms with Gasteiger partial charge >= 0.3 is 0 Å². The van der Waals surface area contributed by atoms with E-state index in [0.29, 0.717) is 11.3 Å². The molecule has 162 valence electrons. The molecule has 0 saturated carbocycles. The van der Waals surface area contributed by atoms with Crippen molar-refractivity contribution in [2.75, 3.05) is 4.90 Å². The van der Waals surface area contributed by atoms with Gasteiger partial charge in [-0.3, -0.25) is 19.2 Å². The van der Waals surface area contributed by atoms with E-state index in [4.69, 9.17) is 4.74 Å². The molecule has 0 bridgehead atoms. The van der Waals surface area contributed by atoms with Crippen LogP contribution >= 0.6 is 0 Å². The van der Waals surface area contributed by atoms with E-state index in [1.165, 1.54) is 36.4 Å². The molecule has 2 aliphatic heterocycles. The van der Waals surface area contributed by atoms with E-state index < -0.39 is 52.7 Å². The van der Waals surface area contributed by atoms with Gasteiger partial charge < -0.3 is 4.74 Å². The molecule has 7 heteroatoms. The van der Waals surface area contributed by atoms with Crippen LogP contribution < -0.4 is 4.90 Å². The second-order valence-corrected chi connectivity index (χ2v) is 8.38. The number of benzene rings is 3. The average molecular weight is 441 g/mol. The van der Waals surface area contributed by atoms with Crippen molar-refractivity contribution in [2.45, 2.75) is 11.7 Å². The summed E-state index contributed by atoms with van der Waals surface area (Å²) in [4.78, 5) is 55.5. The molecule has 3 aromatic rings. The first-order valence-corrected chi connectivity index (χ1v) is 10.5. The maximum atomic E-state index is 13.7. The third-order valence-electron chi connectivity index (χ3n) is 6.73. The molecule has 0 radical (unpaired) electrons. The highest BCUT2D eigenvalue weighted by atomic mass is 19.1. The number of para-hydroxylation sites is 1. The monoisotopic (exact) mass is 441 g/mol. The van der Waals surface area contributed by atoms with Crippen LogP contribution in [-0.4, -0.2) is 29.0 Å². The average Bonchev–Trinajstić information content (AvgIpc) is 3.40. The molecular formula is C26H16FNO5. The number of imide groups is 1. The number of ether oxygens (including phenoxy) is 1. The Morgan fingerprint density at radius 3 is 1.91 bits per heavy atom. The van der Waals surface area contributed by atoms with Gasteiger partial charge in [0.2, 0.25) is 29.0 Å². The molecule has 0 unspecified atom stereocenters. The zero-order valence-electron chi connectivity index (χ0n) is 17.1. The van der Waals surface area contributed by atoms with Crippen molar-refractivity contribution in [1.29, 1.82) is 0 Å². The third-order valence-corrected chi connectivity index (χ3v) is 6.73. The number of amides is 2. The second kappa shape index (κ2) is 6.76. The summed E-state index contributed by atoms with van der Waals surface area (Å²) in [6, 6.07) is 20.0. The van der Waals surface area contributed by atoms with Gasteiger partial charge in [-0.2, -0.15) is 0 Å². The number of Topliss-reactive ketones (excluding diaryl/α,β-unsaturated/α-hetero) is 2. The van der Waals surface area contributed by atoms with Gasteiger partial charge in [-0.1, -0.05) is 54.6 Å². The highest BCUT2D eigenvalue weighted by Gasteiger charge is 2.74. The van der Waals surface area contributed by atoms with Crippen LogP contribution in [0.5, 0.6) is 0 Å². The van der Waals surface area contributed by atoms with Gasteiger partial charge in [-0.15, -0.1) is 0 Å². The fourth-order valence-corrected chi connectivity index (χ4v) is 5.30. The summed E-state index contributed by atoms with van der Waals surface area (Å²) in [6.45, 7) is 0. The zero-order valence-corrected chi connectivity index (χ0v) is 17.1. The molecule has 3 aromatic carbocycles. The summed E-state index contributed by atoms with van der Waals surface area (Å²) >= 11 is 0. The quantitative estimate of drug-likeness (QED) is 0.449. The molecule has 1 spiro atoms. The van der Waals surface area contributed by atoms with Crippen LogP contribution in [0.2, 0.25) is 0 Å². The molecule has 2 saturated heterocycles. The Bertz CT molecular complexity index is 1320. The molecule has 0 aromatic heterocycles. The van der Waals surface area contributed by atoms with Gasteiger partial charge in [-0.05, 0) is 29.8 Å². The smallest absolute Gasteiger partial charge is 0.241 e. The van der Waals surface area contributed by atoms with Crippen molar-refractivity contribution >= 4 is 29.1 Å². The summed E-state index contributed by atoms with van der Waals surface area (Å²) in [5.74, 6) is -5.38. The van der Waals surface area contributed by atoms with Gasteiger partial charge in [0, 0.05) is 11.1 Å². The van der Waals surface area contributed by atoms with Gasteiger partial charge in [-0.25, -0.2) is 9.29 Å². The first-order valence-electron chi connectivity index (χ1n) is 10.5. The molecular weight excluding hydrogens is 425 g/mol. The second-order valence-electron chi connectivity index (χ2n) is 8.38. The number of carbonyl (C=O) groups is 4. The first-order chi connectivity index (χ1) is 15.9. The summed E-state index contributed by atoms with van der Waals surface area (Å²) in [7, 11) is 0. The number of hydrogen-bond donors (Lipinski definition) is 0. The number of hydrogen-bond acceptors (Lipinski definition) is 5. The normalized spacial score (nSPS) is 25.1. The van der Waals surface area contributed by atoms with E-state index in [9.17, 15) is 23.6 Å². The summed E-state index contributed by atoms with van der Waals surface area (Å²) in [5.41, 5.74) is -1.04. The predicted molar refractivity (Wildman–Crippen MR) is 114 cm³/mol. The lowest BCUT2D eigenvalue weighted by molar-refractivity contribution is -0.127. The number of halogens is 1. The number of anilines is 1. The van der Waals surface area contributed by atoms with Crippen LogP contribution in [0.1, 0.15) is 32.4 Å². The highest BCUT2D eigenvalue weighted by molar-refractivity contribution is 6.37. The number of ketones is 2. The van der Waals surface area contributed by atoms with E-state index in [-0.39, 0.29) is 11.1 Å². The van der Waals surface area contributed by atoms with E-state index >= 15 is 0 Å². The van der Waals surface area contributed by atoms with Crippen molar-refractivity contribution < 1.29 is 28.3 Å². The molecule has 2 amide bonds. The van der Waals surface area contributed by atoms with Crippen molar-refractivity contribution in [3.63, 3.8) is 0 Å². The number of carbonyl (C=O) groups excluding carboxylic acids is 4. The summed E-state index contributed by atoms with van der Waals surface area (Å²) in [5, 5.41) is 0. The topological polar surface area (TPSA) is 80.8 Å².